The van der Waals surface area contributed by atoms with Crippen molar-refractivity contribution >= 4 is 64.2 Å². The Kier molecular flexibility index (Phi) is 23.1. The number of carbonyl (C=O) groups excluding carboxylic acids is 7. The van der Waals surface area contributed by atoms with Crippen LogP contribution in [0.1, 0.15) is 83.8 Å². The Hall–Kier alpha value is -7.31. The molecule has 24 heteroatoms. The maximum atomic E-state index is 14.7. The number of fused-ring (bicyclic) bond motifs is 1. The number of aromatic amines is 1. The van der Waals surface area contributed by atoms with Crippen LogP contribution in [0.3, 0.4) is 0 Å². The smallest absolute Gasteiger partial charge is 0.326 e. The fourth-order valence-electron chi connectivity index (χ4n) is 8.55. The summed E-state index contributed by atoms with van der Waals surface area (Å²) < 4.78 is 0. The molecule has 8 atom stereocenters. The second-order valence-corrected chi connectivity index (χ2v) is 19.2. The molecule has 1 fully saturated rings. The van der Waals surface area contributed by atoms with E-state index in [9.17, 15) is 53.7 Å². The number of nitrogens with zero attached hydrogens (tertiary/aromatic N) is 2. The average molecular weight is 1030 g/mol. The quantitative estimate of drug-likeness (QED) is 0.0213. The maximum absolute atomic E-state index is 14.7. The van der Waals surface area contributed by atoms with Gasteiger partial charge in [0.2, 0.25) is 41.4 Å². The van der Waals surface area contributed by atoms with Crippen LogP contribution in [0.2, 0.25) is 0 Å². The molecule has 8 unspecified atom stereocenters. The second-order valence-electron chi connectivity index (χ2n) is 19.2. The molecule has 0 radical (unpaired) electrons. The van der Waals surface area contributed by atoms with Crippen molar-refractivity contribution in [1.29, 1.82) is 0 Å². The van der Waals surface area contributed by atoms with E-state index in [1.54, 1.807) is 33.9 Å². The first-order valence-corrected chi connectivity index (χ1v) is 25.0. The van der Waals surface area contributed by atoms with Gasteiger partial charge in [-0.15, -0.1) is 0 Å². The van der Waals surface area contributed by atoms with Crippen LogP contribution < -0.4 is 54.8 Å². The first-order chi connectivity index (χ1) is 35.1. The summed E-state index contributed by atoms with van der Waals surface area (Å²) >= 11 is 0. The van der Waals surface area contributed by atoms with Crippen molar-refractivity contribution in [2.24, 2.45) is 39.8 Å². The topological polar surface area (TPSA) is 405 Å². The summed E-state index contributed by atoms with van der Waals surface area (Å²) in [6.45, 7) is 6.21. The number of benzene rings is 2. The van der Waals surface area contributed by atoms with Gasteiger partial charge >= 0.3 is 5.97 Å². The molecular formula is C50H75N13O11. The molecular weight excluding hydrogens is 959 g/mol. The van der Waals surface area contributed by atoms with E-state index in [0.29, 0.717) is 49.8 Å². The molecule has 1 aliphatic rings. The number of likely N-dealkylation sites (tertiary alicyclic amines) is 1. The molecule has 24 nitrogen and oxygen atoms in total. The number of nitrogens with two attached hydrogens (primary N) is 4. The highest BCUT2D eigenvalue weighted by atomic mass is 16.4. The zero-order valence-corrected chi connectivity index (χ0v) is 42.5. The number of carbonyl (C=O) groups is 8. The van der Waals surface area contributed by atoms with Crippen LogP contribution in [0, 0.1) is 11.8 Å². The number of para-hydroxylation sites is 1. The summed E-state index contributed by atoms with van der Waals surface area (Å²) in [4.78, 5) is 118. The summed E-state index contributed by atoms with van der Waals surface area (Å²) in [5.41, 5.74) is 24.7. The minimum Gasteiger partial charge on any atom is -0.508 e. The largest absolute Gasteiger partial charge is 0.508 e. The van der Waals surface area contributed by atoms with Crippen molar-refractivity contribution in [2.45, 2.75) is 134 Å². The number of aliphatic hydroxyl groups excluding tert-OH is 1. The predicted molar refractivity (Wildman–Crippen MR) is 275 cm³/mol. The van der Waals surface area contributed by atoms with E-state index in [1.165, 1.54) is 29.2 Å². The molecule has 1 aliphatic heterocycles. The minimum absolute atomic E-state index is 0.0489. The monoisotopic (exact) mass is 1030 g/mol. The fraction of sp³-hybridized carbons (Fsp3) is 0.540. The summed E-state index contributed by atoms with van der Waals surface area (Å²) in [6.07, 6.45) is 4.13. The summed E-state index contributed by atoms with van der Waals surface area (Å²) in [5.74, 6) is -8.17. The lowest BCUT2D eigenvalue weighted by Crippen LogP contribution is -2.61. The van der Waals surface area contributed by atoms with Gasteiger partial charge < -0.3 is 80.0 Å². The number of aromatic nitrogens is 1. The van der Waals surface area contributed by atoms with Crippen molar-refractivity contribution in [1.82, 2.24) is 41.8 Å². The van der Waals surface area contributed by atoms with Crippen molar-refractivity contribution in [3.63, 3.8) is 0 Å². The molecule has 1 aromatic heterocycles. The maximum Gasteiger partial charge on any atom is 0.326 e. The number of guanidine groups is 1. The van der Waals surface area contributed by atoms with Gasteiger partial charge in [0.15, 0.2) is 5.96 Å². The zero-order chi connectivity index (χ0) is 54.6. The second kappa shape index (κ2) is 28.8. The molecule has 0 bridgehead atoms. The van der Waals surface area contributed by atoms with E-state index in [1.807, 2.05) is 24.3 Å². The molecule has 7 amide bonds. The SMILES string of the molecule is CC(C)C(NC(=O)C(CCCN=C(N)N)NC(=O)C(CO)NC(=O)C(NC(=O)C(Cc1ccc(O)cc1)NC(=O)C(Cc1c[nH]c2ccccc12)NC(=O)C1CCCN1C(=O)C(N)CCCCN)C(C)C)C(=O)O. The van der Waals surface area contributed by atoms with Gasteiger partial charge in [-0.25, -0.2) is 4.79 Å². The Bertz CT molecular complexity index is 2430. The molecule has 74 heavy (non-hydrogen) atoms. The van der Waals surface area contributed by atoms with E-state index in [2.05, 4.69) is 41.9 Å². The number of carboxylic acid groups (broad SMARTS) is 1. The number of hydrogen-bond acceptors (Lipinski definition) is 13. The summed E-state index contributed by atoms with van der Waals surface area (Å²) in [5, 5.41) is 46.5. The number of amides is 7. The highest BCUT2D eigenvalue weighted by molar-refractivity contribution is 5.98. The fourth-order valence-corrected chi connectivity index (χ4v) is 8.55. The number of aliphatic imine (C=N–C) groups is 1. The van der Waals surface area contributed by atoms with Crippen molar-refractivity contribution in [3.8, 4) is 5.75 Å². The van der Waals surface area contributed by atoms with Crippen LogP contribution in [-0.4, -0.2) is 153 Å². The third-order valence-electron chi connectivity index (χ3n) is 12.7. The standard InChI is InChI=1S/C50H75N13O11/c1-27(2)40(47(71)60-38(26-64)45(69)57-35(14-9-21-55-50(53)54)42(66)62-41(28(3)4)49(73)74)61-44(68)36(23-29-16-18-31(65)19-17-29)58-43(67)37(24-30-25-56-34-13-6-5-11-32(30)34)59-46(70)39-15-10-22-63(39)48(72)33(52)12-7-8-20-51/h5-6,11,13,16-19,25,27-28,33,35-41,56,64-65H,7-10,12,14-15,20-24,26,51-52H2,1-4H3,(H,57,69)(H,58,67)(H,59,70)(H,60,71)(H,61,68)(H,62,66)(H,73,74)(H4,53,54,55). The average Bonchev–Trinajstić information content (AvgIpc) is 4.02. The van der Waals surface area contributed by atoms with Crippen molar-refractivity contribution in [3.05, 3.63) is 65.9 Å². The third-order valence-corrected chi connectivity index (χ3v) is 12.7. The number of hydrogen-bond donors (Lipinski definition) is 14. The molecule has 406 valence electrons. The number of nitrogens with one attached hydrogen (secondary N) is 7. The van der Waals surface area contributed by atoms with E-state index in [0.717, 1.165) is 10.9 Å². The van der Waals surface area contributed by atoms with Crippen LogP contribution >= 0.6 is 0 Å². The Morgan fingerprint density at radius 2 is 1.32 bits per heavy atom. The van der Waals surface area contributed by atoms with E-state index in [-0.39, 0.29) is 50.5 Å². The number of phenols is 1. The molecule has 2 aromatic carbocycles. The number of aromatic hydroxyl groups is 1. The number of phenolic OH excluding ortho intramolecular Hbond substituents is 1. The molecule has 0 aliphatic carbocycles. The summed E-state index contributed by atoms with van der Waals surface area (Å²) in [6, 6.07) is 2.98. The number of unbranched alkanes of at least 4 members (excludes halogenated alkanes) is 1. The van der Waals surface area contributed by atoms with Gasteiger partial charge in [0.25, 0.3) is 0 Å². The predicted octanol–water partition coefficient (Wildman–Crippen LogP) is -1.54. The molecule has 0 spiro atoms. The highest BCUT2D eigenvalue weighted by Gasteiger charge is 2.39. The van der Waals surface area contributed by atoms with Crippen LogP contribution in [0.15, 0.2) is 59.7 Å². The van der Waals surface area contributed by atoms with Crippen molar-refractivity contribution in [2.75, 3.05) is 26.2 Å². The lowest BCUT2D eigenvalue weighted by atomic mass is 9.99. The third kappa shape index (κ3) is 17.4. The van der Waals surface area contributed by atoms with E-state index in [4.69, 9.17) is 22.9 Å². The van der Waals surface area contributed by atoms with Crippen LogP contribution in [0.5, 0.6) is 5.75 Å². The molecule has 2 heterocycles. The summed E-state index contributed by atoms with van der Waals surface area (Å²) in [7, 11) is 0. The van der Waals surface area contributed by atoms with Crippen LogP contribution in [0.25, 0.3) is 10.9 Å². The zero-order valence-electron chi connectivity index (χ0n) is 42.5. The van der Waals surface area contributed by atoms with Crippen LogP contribution in [-0.2, 0) is 51.2 Å². The molecule has 3 aromatic rings. The van der Waals surface area contributed by atoms with Crippen LogP contribution in [0.4, 0.5) is 0 Å². The van der Waals surface area contributed by atoms with Gasteiger partial charge in [-0.2, -0.15) is 0 Å². The molecule has 18 N–H and O–H groups in total. The Morgan fingerprint density at radius 1 is 0.730 bits per heavy atom. The highest BCUT2D eigenvalue weighted by Crippen LogP contribution is 2.23. The first-order valence-electron chi connectivity index (χ1n) is 25.0. The normalized spacial score (nSPS) is 16.2. The molecule has 1 saturated heterocycles. The minimum atomic E-state index is -1.67. The van der Waals surface area contributed by atoms with Gasteiger partial charge in [-0.1, -0.05) is 64.4 Å². The van der Waals surface area contributed by atoms with Gasteiger partial charge in [-0.3, -0.25) is 38.6 Å². The number of H-pyrrole nitrogens is 1. The Balaban J connectivity index is 1.59. The van der Waals surface area contributed by atoms with Gasteiger partial charge in [0.1, 0.15) is 48.0 Å². The van der Waals surface area contributed by atoms with E-state index < -0.39 is 114 Å². The molecule has 0 saturated carbocycles. The first kappa shape index (κ1) is 59.3. The lowest BCUT2D eigenvalue weighted by Gasteiger charge is -2.30. The van der Waals surface area contributed by atoms with Gasteiger partial charge in [0, 0.05) is 43.0 Å². The molecule has 4 rings (SSSR count). The number of aliphatic carboxylic acids is 1. The number of carboxylic acids is 1. The Morgan fingerprint density at radius 3 is 1.96 bits per heavy atom. The lowest BCUT2D eigenvalue weighted by molar-refractivity contribution is -0.143. The Labute approximate surface area is 430 Å². The number of aliphatic hydroxyl groups is 1. The van der Waals surface area contributed by atoms with Crippen molar-refractivity contribution < 1.29 is 53.7 Å². The van der Waals surface area contributed by atoms with E-state index >= 15 is 0 Å². The van der Waals surface area contributed by atoms with Gasteiger partial charge in [0.05, 0.1) is 12.6 Å². The van der Waals surface area contributed by atoms with Gasteiger partial charge in [-0.05, 0) is 86.2 Å². The number of rotatable bonds is 29.